The third-order valence-electron chi connectivity index (χ3n) is 3.68. The van der Waals surface area contributed by atoms with Crippen molar-refractivity contribution in [2.24, 2.45) is 0 Å². The summed E-state index contributed by atoms with van der Waals surface area (Å²) in [7, 11) is 3.22. The lowest BCUT2D eigenvalue weighted by molar-refractivity contribution is 0.0894. The monoisotopic (exact) mass is 325 g/mol. The smallest absolute Gasteiger partial charge is 0.203 e. The standard InChI is InChI=1S/C17H27NO5/c1-19-15-6-3-7-16(20-2)17(15)23-12-11-21-10-8-18-13-14-5-4-9-22-14/h3,6-7,14,18H,4-5,8-13H2,1-2H3/t14-/m1/s1. The van der Waals surface area contributed by atoms with Crippen molar-refractivity contribution in [2.45, 2.75) is 18.9 Å². The van der Waals surface area contributed by atoms with Crippen LogP contribution >= 0.6 is 0 Å². The molecule has 0 amide bonds. The average Bonchev–Trinajstić information content (AvgIpc) is 3.10. The Morgan fingerprint density at radius 3 is 2.57 bits per heavy atom. The highest BCUT2D eigenvalue weighted by atomic mass is 16.6. The lowest BCUT2D eigenvalue weighted by atomic mass is 10.2. The molecule has 1 aliphatic heterocycles. The Balaban J connectivity index is 1.56. The van der Waals surface area contributed by atoms with Crippen molar-refractivity contribution in [3.05, 3.63) is 18.2 Å². The molecule has 130 valence electrons. The predicted octanol–water partition coefficient (Wildman–Crippen LogP) is 1.87. The molecule has 0 radical (unpaired) electrons. The third-order valence-corrected chi connectivity index (χ3v) is 3.68. The minimum atomic E-state index is 0.372. The minimum Gasteiger partial charge on any atom is -0.493 e. The number of methoxy groups -OCH3 is 2. The van der Waals surface area contributed by atoms with E-state index in [0.717, 1.165) is 26.1 Å². The maximum absolute atomic E-state index is 5.72. The molecule has 1 saturated heterocycles. The maximum atomic E-state index is 5.72. The molecular formula is C17H27NO5. The zero-order valence-electron chi connectivity index (χ0n) is 14.0. The van der Waals surface area contributed by atoms with E-state index in [0.29, 0.717) is 43.2 Å². The molecule has 0 spiro atoms. The van der Waals surface area contributed by atoms with E-state index in [1.807, 2.05) is 18.2 Å². The second-order valence-corrected chi connectivity index (χ2v) is 5.29. The summed E-state index contributed by atoms with van der Waals surface area (Å²) >= 11 is 0. The molecule has 1 N–H and O–H groups in total. The molecule has 0 aliphatic carbocycles. The molecule has 1 heterocycles. The van der Waals surface area contributed by atoms with Crippen molar-refractivity contribution >= 4 is 0 Å². The van der Waals surface area contributed by atoms with Gasteiger partial charge in [-0.25, -0.2) is 0 Å². The highest BCUT2D eigenvalue weighted by Crippen LogP contribution is 2.36. The van der Waals surface area contributed by atoms with Gasteiger partial charge in [-0.2, -0.15) is 0 Å². The van der Waals surface area contributed by atoms with Gasteiger partial charge in [0, 0.05) is 19.7 Å². The van der Waals surface area contributed by atoms with Crippen LogP contribution in [0.15, 0.2) is 18.2 Å². The lowest BCUT2D eigenvalue weighted by Crippen LogP contribution is -2.29. The van der Waals surface area contributed by atoms with Gasteiger partial charge < -0.3 is 29.0 Å². The van der Waals surface area contributed by atoms with E-state index in [-0.39, 0.29) is 0 Å². The van der Waals surface area contributed by atoms with Crippen molar-refractivity contribution in [2.75, 3.05) is 53.7 Å². The van der Waals surface area contributed by atoms with Gasteiger partial charge in [0.05, 0.1) is 33.5 Å². The molecule has 1 aromatic rings. The van der Waals surface area contributed by atoms with Crippen molar-refractivity contribution in [1.29, 1.82) is 0 Å². The Hall–Kier alpha value is -1.50. The maximum Gasteiger partial charge on any atom is 0.203 e. The summed E-state index contributed by atoms with van der Waals surface area (Å²) in [5, 5.41) is 3.34. The summed E-state index contributed by atoms with van der Waals surface area (Å²) in [6.07, 6.45) is 2.70. The van der Waals surface area contributed by atoms with E-state index in [2.05, 4.69) is 5.32 Å². The fourth-order valence-electron chi connectivity index (χ4n) is 2.48. The summed E-state index contributed by atoms with van der Waals surface area (Å²) in [5.41, 5.74) is 0. The van der Waals surface area contributed by atoms with Crippen LogP contribution in [0.5, 0.6) is 17.2 Å². The Labute approximate surface area is 138 Å². The number of hydrogen-bond acceptors (Lipinski definition) is 6. The normalized spacial score (nSPS) is 17.2. The van der Waals surface area contributed by atoms with E-state index in [1.165, 1.54) is 6.42 Å². The summed E-state index contributed by atoms with van der Waals surface area (Å²) in [5.74, 6) is 1.92. The SMILES string of the molecule is COc1cccc(OC)c1OCCOCCNC[C@H]1CCCO1. The summed E-state index contributed by atoms with van der Waals surface area (Å²) in [4.78, 5) is 0. The zero-order valence-corrected chi connectivity index (χ0v) is 14.0. The Bertz CT molecular complexity index is 426. The van der Waals surface area contributed by atoms with Crippen LogP contribution in [0.1, 0.15) is 12.8 Å². The number of rotatable bonds is 11. The Morgan fingerprint density at radius 1 is 1.13 bits per heavy atom. The molecule has 1 atom stereocenters. The van der Waals surface area contributed by atoms with Crippen LogP contribution in [-0.2, 0) is 9.47 Å². The van der Waals surface area contributed by atoms with Gasteiger partial charge in [-0.3, -0.25) is 0 Å². The highest BCUT2D eigenvalue weighted by molar-refractivity contribution is 5.51. The molecule has 6 nitrogen and oxygen atoms in total. The number of nitrogens with one attached hydrogen (secondary N) is 1. The first-order chi connectivity index (χ1) is 11.3. The van der Waals surface area contributed by atoms with Gasteiger partial charge in [-0.1, -0.05) is 6.07 Å². The second-order valence-electron chi connectivity index (χ2n) is 5.29. The van der Waals surface area contributed by atoms with Crippen LogP contribution in [-0.4, -0.2) is 59.8 Å². The fraction of sp³-hybridized carbons (Fsp3) is 0.647. The number of para-hydroxylation sites is 1. The first-order valence-electron chi connectivity index (χ1n) is 8.09. The molecule has 0 saturated carbocycles. The molecule has 1 fully saturated rings. The number of ether oxygens (including phenoxy) is 5. The van der Waals surface area contributed by atoms with Gasteiger partial charge in [0.25, 0.3) is 0 Å². The van der Waals surface area contributed by atoms with Crippen LogP contribution in [0.4, 0.5) is 0 Å². The molecule has 0 bridgehead atoms. The van der Waals surface area contributed by atoms with Crippen LogP contribution in [0.25, 0.3) is 0 Å². The van der Waals surface area contributed by atoms with Crippen LogP contribution in [0.3, 0.4) is 0 Å². The van der Waals surface area contributed by atoms with Crippen LogP contribution in [0, 0.1) is 0 Å². The number of hydrogen-bond donors (Lipinski definition) is 1. The highest BCUT2D eigenvalue weighted by Gasteiger charge is 2.14. The molecule has 0 aromatic heterocycles. The third kappa shape index (κ3) is 5.89. The summed E-state index contributed by atoms with van der Waals surface area (Å²) in [6.45, 7) is 4.23. The zero-order chi connectivity index (χ0) is 16.3. The van der Waals surface area contributed by atoms with Crippen LogP contribution < -0.4 is 19.5 Å². The summed E-state index contributed by atoms with van der Waals surface area (Å²) in [6, 6.07) is 5.54. The second kappa shape index (κ2) is 10.3. The van der Waals surface area contributed by atoms with Crippen molar-refractivity contribution in [1.82, 2.24) is 5.32 Å². The van der Waals surface area contributed by atoms with Crippen LogP contribution in [0.2, 0.25) is 0 Å². The fourth-order valence-corrected chi connectivity index (χ4v) is 2.48. The Morgan fingerprint density at radius 2 is 1.91 bits per heavy atom. The van der Waals surface area contributed by atoms with Crippen molar-refractivity contribution in [3.8, 4) is 17.2 Å². The van der Waals surface area contributed by atoms with E-state index >= 15 is 0 Å². The topological polar surface area (TPSA) is 58.2 Å². The first-order valence-corrected chi connectivity index (χ1v) is 8.09. The molecule has 1 aromatic carbocycles. The van der Waals surface area contributed by atoms with Gasteiger partial charge in [-0.05, 0) is 25.0 Å². The molecule has 0 unspecified atom stereocenters. The van der Waals surface area contributed by atoms with Crippen molar-refractivity contribution < 1.29 is 23.7 Å². The van der Waals surface area contributed by atoms with Gasteiger partial charge in [0.15, 0.2) is 11.5 Å². The molecule has 23 heavy (non-hydrogen) atoms. The average molecular weight is 325 g/mol. The lowest BCUT2D eigenvalue weighted by Gasteiger charge is -2.14. The molecule has 2 rings (SSSR count). The molecule has 6 heteroatoms. The van der Waals surface area contributed by atoms with Crippen molar-refractivity contribution in [3.63, 3.8) is 0 Å². The van der Waals surface area contributed by atoms with Gasteiger partial charge in [0.2, 0.25) is 5.75 Å². The Kier molecular flexibility index (Phi) is 8.00. The minimum absolute atomic E-state index is 0.372. The molecular weight excluding hydrogens is 298 g/mol. The van der Waals surface area contributed by atoms with E-state index in [1.54, 1.807) is 14.2 Å². The van der Waals surface area contributed by atoms with Gasteiger partial charge >= 0.3 is 0 Å². The van der Waals surface area contributed by atoms with E-state index < -0.39 is 0 Å². The number of benzene rings is 1. The van der Waals surface area contributed by atoms with Gasteiger partial charge in [0.1, 0.15) is 6.61 Å². The quantitative estimate of drug-likeness (QED) is 0.627. The predicted molar refractivity (Wildman–Crippen MR) is 87.7 cm³/mol. The van der Waals surface area contributed by atoms with E-state index in [9.17, 15) is 0 Å². The summed E-state index contributed by atoms with van der Waals surface area (Å²) < 4.78 is 27.4. The first kappa shape index (κ1) is 17.8. The van der Waals surface area contributed by atoms with Gasteiger partial charge in [-0.15, -0.1) is 0 Å². The molecule has 1 aliphatic rings. The largest absolute Gasteiger partial charge is 0.493 e. The van der Waals surface area contributed by atoms with E-state index in [4.69, 9.17) is 23.7 Å².